The minimum atomic E-state index is -0.919. The molecule has 3 rings (SSSR count). The Kier molecular flexibility index (Phi) is 3.96. The number of nitrogens with zero attached hydrogens (tertiary/aromatic N) is 1. The lowest BCUT2D eigenvalue weighted by atomic mass is 9.84. The second kappa shape index (κ2) is 5.74. The van der Waals surface area contributed by atoms with Gasteiger partial charge in [0.2, 0.25) is 5.91 Å². The minimum Gasteiger partial charge on any atom is -0.475 e. The van der Waals surface area contributed by atoms with Crippen LogP contribution in [0.15, 0.2) is 12.1 Å². The summed E-state index contributed by atoms with van der Waals surface area (Å²) in [6, 6.07) is 2.79. The molecule has 6 nitrogen and oxygen atoms in total. The van der Waals surface area contributed by atoms with Crippen LogP contribution < -0.4 is 20.9 Å². The molecule has 25 heavy (non-hydrogen) atoms. The lowest BCUT2D eigenvalue weighted by Gasteiger charge is -2.34. The maximum absolute atomic E-state index is 14.6. The van der Waals surface area contributed by atoms with Gasteiger partial charge in [0.15, 0.2) is 5.60 Å². The van der Waals surface area contributed by atoms with Gasteiger partial charge in [0, 0.05) is 24.3 Å². The summed E-state index contributed by atoms with van der Waals surface area (Å²) in [7, 11) is 0. The lowest BCUT2D eigenvalue weighted by Crippen LogP contribution is -2.48. The molecule has 0 radical (unpaired) electrons. The van der Waals surface area contributed by atoms with Gasteiger partial charge in [-0.25, -0.2) is 10.2 Å². The van der Waals surface area contributed by atoms with E-state index in [1.165, 1.54) is 17.0 Å². The number of ether oxygens (including phenoxy) is 1. The first-order chi connectivity index (χ1) is 11.7. The van der Waals surface area contributed by atoms with Crippen molar-refractivity contribution in [2.24, 2.45) is 11.3 Å². The number of carbonyl (C=O) groups excluding carboxylic acids is 2. The third-order valence-electron chi connectivity index (χ3n) is 4.69. The zero-order valence-electron chi connectivity index (χ0n) is 14.2. The number of carbonyl (C=O) groups is 2. The summed E-state index contributed by atoms with van der Waals surface area (Å²) in [5.74, 6) is 6.84. The molecule has 1 saturated carbocycles. The van der Waals surface area contributed by atoms with Gasteiger partial charge >= 0.3 is 0 Å². The third kappa shape index (κ3) is 2.83. The van der Waals surface area contributed by atoms with Crippen LogP contribution in [-0.4, -0.2) is 24.0 Å². The molecule has 7 heteroatoms. The van der Waals surface area contributed by atoms with E-state index < -0.39 is 22.7 Å². The summed E-state index contributed by atoms with van der Waals surface area (Å²) in [4.78, 5) is 26.0. The van der Waals surface area contributed by atoms with Crippen molar-refractivity contribution in [3.8, 4) is 18.1 Å². The van der Waals surface area contributed by atoms with Crippen molar-refractivity contribution < 1.29 is 18.7 Å². The number of rotatable bonds is 4. The first-order valence-electron chi connectivity index (χ1n) is 8.02. The van der Waals surface area contributed by atoms with Crippen LogP contribution in [0.2, 0.25) is 0 Å². The number of nitrogens with two attached hydrogens (primary N) is 1. The van der Waals surface area contributed by atoms with E-state index in [0.29, 0.717) is 24.3 Å². The van der Waals surface area contributed by atoms with Gasteiger partial charge in [0.25, 0.3) is 5.91 Å². The van der Waals surface area contributed by atoms with Crippen molar-refractivity contribution in [1.29, 1.82) is 0 Å². The standard InChI is InChI=1S/C18H20FN3O3/c1-4-7-22-13-8-11(10-17(2,3)15(23)21-20)12(19)9-14(13)25-18(5-6-18)16(22)24/h1,8-9H,5-7,10,20H2,2-3H3,(H,21,23). The Bertz CT molecular complexity index is 793. The summed E-state index contributed by atoms with van der Waals surface area (Å²) in [5.41, 5.74) is 0.995. The molecule has 0 saturated heterocycles. The van der Waals surface area contributed by atoms with Gasteiger partial charge in [-0.05, 0) is 18.1 Å². The molecule has 0 aromatic heterocycles. The highest BCUT2D eigenvalue weighted by molar-refractivity contribution is 6.05. The van der Waals surface area contributed by atoms with E-state index in [1.54, 1.807) is 13.8 Å². The number of nitrogens with one attached hydrogen (secondary N) is 1. The SMILES string of the molecule is C#CCN1C(=O)C2(CC2)Oc2cc(F)c(CC(C)(C)C(=O)NN)cc21. The monoisotopic (exact) mass is 345 g/mol. The maximum atomic E-state index is 14.6. The number of amides is 2. The van der Waals surface area contributed by atoms with E-state index in [0.717, 1.165) is 0 Å². The first-order valence-corrected chi connectivity index (χ1v) is 8.02. The normalized spacial score (nSPS) is 17.6. The van der Waals surface area contributed by atoms with Crippen molar-refractivity contribution in [2.75, 3.05) is 11.4 Å². The number of benzene rings is 1. The van der Waals surface area contributed by atoms with Crippen LogP contribution in [0.3, 0.4) is 0 Å². The molecule has 1 aromatic carbocycles. The molecule has 132 valence electrons. The molecule has 1 aliphatic heterocycles. The summed E-state index contributed by atoms with van der Waals surface area (Å²) in [6.07, 6.45) is 6.69. The Hall–Kier alpha value is -2.59. The molecule has 3 N–H and O–H groups in total. The average molecular weight is 345 g/mol. The van der Waals surface area contributed by atoms with E-state index in [9.17, 15) is 14.0 Å². The highest BCUT2D eigenvalue weighted by Gasteiger charge is 2.58. The number of halogens is 1. The number of hydrogen-bond donors (Lipinski definition) is 2. The third-order valence-corrected chi connectivity index (χ3v) is 4.69. The Morgan fingerprint density at radius 1 is 1.52 bits per heavy atom. The fraction of sp³-hybridized carbons (Fsp3) is 0.444. The van der Waals surface area contributed by atoms with E-state index in [4.69, 9.17) is 17.0 Å². The molecule has 0 bridgehead atoms. The van der Waals surface area contributed by atoms with Crippen LogP contribution in [0.5, 0.6) is 5.75 Å². The summed E-state index contributed by atoms with van der Waals surface area (Å²) >= 11 is 0. The van der Waals surface area contributed by atoms with Gasteiger partial charge in [-0.1, -0.05) is 19.8 Å². The van der Waals surface area contributed by atoms with Crippen molar-refractivity contribution in [3.05, 3.63) is 23.5 Å². The summed E-state index contributed by atoms with van der Waals surface area (Å²) in [5, 5.41) is 0. The predicted octanol–water partition coefficient (Wildman–Crippen LogP) is 1.28. The fourth-order valence-electron chi connectivity index (χ4n) is 3.05. The lowest BCUT2D eigenvalue weighted by molar-refractivity contribution is -0.129. The highest BCUT2D eigenvalue weighted by Crippen LogP contribution is 2.49. The topological polar surface area (TPSA) is 84.7 Å². The zero-order valence-corrected chi connectivity index (χ0v) is 14.2. The fourth-order valence-corrected chi connectivity index (χ4v) is 3.05. The van der Waals surface area contributed by atoms with Crippen LogP contribution in [-0.2, 0) is 16.0 Å². The number of hydrogen-bond acceptors (Lipinski definition) is 4. The maximum Gasteiger partial charge on any atom is 0.272 e. The number of hydrazine groups is 1. The van der Waals surface area contributed by atoms with Gasteiger partial charge < -0.3 is 4.74 Å². The van der Waals surface area contributed by atoms with E-state index in [1.807, 2.05) is 0 Å². The van der Waals surface area contributed by atoms with Gasteiger partial charge in [-0.15, -0.1) is 6.42 Å². The average Bonchev–Trinajstić information content (AvgIpc) is 3.33. The predicted molar refractivity (Wildman–Crippen MR) is 90.0 cm³/mol. The van der Waals surface area contributed by atoms with Crippen molar-refractivity contribution in [2.45, 2.75) is 38.7 Å². The van der Waals surface area contributed by atoms with Gasteiger partial charge in [0.1, 0.15) is 11.6 Å². The molecule has 1 fully saturated rings. The summed E-state index contributed by atoms with van der Waals surface area (Å²) in [6.45, 7) is 3.40. The summed E-state index contributed by atoms with van der Waals surface area (Å²) < 4.78 is 20.3. The Morgan fingerprint density at radius 3 is 2.76 bits per heavy atom. The first kappa shape index (κ1) is 17.2. The molecule has 1 spiro atoms. The van der Waals surface area contributed by atoms with E-state index in [-0.39, 0.29) is 24.4 Å². The second-order valence-corrected chi connectivity index (χ2v) is 7.14. The van der Waals surface area contributed by atoms with Crippen molar-refractivity contribution in [1.82, 2.24) is 5.43 Å². The van der Waals surface area contributed by atoms with Crippen LogP contribution in [0.4, 0.5) is 10.1 Å². The number of fused-ring (bicyclic) bond motifs is 1. The molecule has 2 aliphatic rings. The van der Waals surface area contributed by atoms with E-state index >= 15 is 0 Å². The van der Waals surface area contributed by atoms with Crippen LogP contribution in [0, 0.1) is 23.6 Å². The highest BCUT2D eigenvalue weighted by atomic mass is 19.1. The van der Waals surface area contributed by atoms with E-state index in [2.05, 4.69) is 11.3 Å². The molecule has 1 aliphatic carbocycles. The minimum absolute atomic E-state index is 0.0781. The Balaban J connectivity index is 2.01. The number of anilines is 1. The Labute approximate surface area is 145 Å². The molecular formula is C18H20FN3O3. The molecule has 0 unspecified atom stereocenters. The molecule has 0 atom stereocenters. The number of terminal acetylenes is 1. The van der Waals surface area contributed by atoms with Crippen LogP contribution >= 0.6 is 0 Å². The second-order valence-electron chi connectivity index (χ2n) is 7.14. The molecule has 1 heterocycles. The zero-order chi connectivity index (χ0) is 18.4. The largest absolute Gasteiger partial charge is 0.475 e. The smallest absolute Gasteiger partial charge is 0.272 e. The Morgan fingerprint density at radius 2 is 2.20 bits per heavy atom. The van der Waals surface area contributed by atoms with Crippen LogP contribution in [0.1, 0.15) is 32.3 Å². The molecule has 2 amide bonds. The van der Waals surface area contributed by atoms with Crippen molar-refractivity contribution in [3.63, 3.8) is 0 Å². The van der Waals surface area contributed by atoms with Crippen LogP contribution in [0.25, 0.3) is 0 Å². The van der Waals surface area contributed by atoms with Gasteiger partial charge in [0.05, 0.1) is 12.2 Å². The van der Waals surface area contributed by atoms with Gasteiger partial charge in [-0.2, -0.15) is 0 Å². The molecule has 1 aromatic rings. The van der Waals surface area contributed by atoms with Crippen molar-refractivity contribution >= 4 is 17.5 Å². The molecular weight excluding hydrogens is 325 g/mol. The quantitative estimate of drug-likeness (QED) is 0.373. The van der Waals surface area contributed by atoms with Gasteiger partial charge in [-0.3, -0.25) is 19.9 Å².